The molecule has 4 heterocycles. The number of nitrogens with one attached hydrogen (secondary N) is 3. The molecule has 1 fully saturated rings. The highest BCUT2D eigenvalue weighted by Gasteiger charge is 2.23. The number of anilines is 2. The van der Waals surface area contributed by atoms with Crippen molar-refractivity contribution in [3.05, 3.63) is 54.0 Å². The maximum absolute atomic E-state index is 7.81. The van der Waals surface area contributed by atoms with E-state index in [-0.39, 0.29) is 0 Å². The van der Waals surface area contributed by atoms with E-state index in [1.54, 1.807) is 12.4 Å². The first-order valence-corrected chi connectivity index (χ1v) is 11.1. The first-order chi connectivity index (χ1) is 16.0. The summed E-state index contributed by atoms with van der Waals surface area (Å²) in [4.78, 5) is 11.4. The van der Waals surface area contributed by atoms with E-state index in [2.05, 4.69) is 56.6 Å². The number of rotatable bonds is 10. The third kappa shape index (κ3) is 5.88. The van der Waals surface area contributed by atoms with Crippen molar-refractivity contribution < 1.29 is 4.74 Å². The largest absolute Gasteiger partial charge is 0.388 e. The average molecular weight is 447 g/mol. The number of pyridine rings is 2. The molecule has 0 aliphatic carbocycles. The Kier molecular flexibility index (Phi) is 7.21. The number of hydrogen-bond donors (Lipinski definition) is 3. The Labute approximate surface area is 193 Å². The molecule has 0 amide bonds. The molecule has 4 rings (SSSR count). The molecule has 1 aliphatic heterocycles. The maximum Gasteiger partial charge on any atom is 0.154 e. The van der Waals surface area contributed by atoms with E-state index in [1.165, 1.54) is 6.21 Å². The molecule has 0 radical (unpaired) electrons. The zero-order chi connectivity index (χ0) is 23.2. The van der Waals surface area contributed by atoms with Crippen LogP contribution in [0.1, 0.15) is 30.9 Å². The summed E-state index contributed by atoms with van der Waals surface area (Å²) in [5.74, 6) is 1.68. The van der Waals surface area contributed by atoms with Crippen molar-refractivity contribution in [2.45, 2.75) is 25.9 Å². The summed E-state index contributed by atoms with van der Waals surface area (Å²) in [6.45, 7) is 7.53. The predicted molar refractivity (Wildman–Crippen MR) is 131 cm³/mol. The first-order valence-electron chi connectivity index (χ1n) is 11.1. The third-order valence-electron chi connectivity index (χ3n) is 5.51. The smallest absolute Gasteiger partial charge is 0.154 e. The van der Waals surface area contributed by atoms with Crippen molar-refractivity contribution in [3.63, 3.8) is 0 Å². The van der Waals surface area contributed by atoms with Crippen LogP contribution < -0.4 is 10.6 Å². The van der Waals surface area contributed by atoms with Gasteiger partial charge in [0.1, 0.15) is 5.82 Å². The predicted octanol–water partition coefficient (Wildman–Crippen LogP) is 3.20. The molecule has 0 atom stereocenters. The second-order valence-electron chi connectivity index (χ2n) is 8.52. The molecule has 9 nitrogen and oxygen atoms in total. The number of likely N-dealkylation sites (N-methyl/N-ethyl adjacent to an activating group) is 1. The van der Waals surface area contributed by atoms with Crippen LogP contribution in [0.15, 0.2) is 42.9 Å². The van der Waals surface area contributed by atoms with E-state index < -0.39 is 0 Å². The van der Waals surface area contributed by atoms with E-state index in [4.69, 9.17) is 10.1 Å². The third-order valence-corrected chi connectivity index (χ3v) is 5.51. The van der Waals surface area contributed by atoms with Crippen LogP contribution in [-0.2, 0) is 4.74 Å². The van der Waals surface area contributed by atoms with Crippen molar-refractivity contribution in [1.29, 1.82) is 5.41 Å². The Morgan fingerprint density at radius 3 is 2.82 bits per heavy atom. The van der Waals surface area contributed by atoms with Crippen molar-refractivity contribution >= 4 is 34.5 Å². The van der Waals surface area contributed by atoms with Gasteiger partial charge in [-0.15, -0.1) is 5.10 Å². The normalized spacial score (nSPS) is 15.0. The van der Waals surface area contributed by atoms with Crippen molar-refractivity contribution in [3.8, 4) is 0 Å². The second-order valence-corrected chi connectivity index (χ2v) is 8.52. The molecule has 3 aromatic rings. The van der Waals surface area contributed by atoms with Gasteiger partial charge in [0, 0.05) is 49.4 Å². The minimum atomic E-state index is 0.334. The van der Waals surface area contributed by atoms with Gasteiger partial charge in [0.15, 0.2) is 5.82 Å². The molecule has 9 heteroatoms. The summed E-state index contributed by atoms with van der Waals surface area (Å²) < 4.78 is 5.78. The molecular weight excluding hydrogens is 416 g/mol. The van der Waals surface area contributed by atoms with Gasteiger partial charge in [0.2, 0.25) is 0 Å². The van der Waals surface area contributed by atoms with Gasteiger partial charge in [-0.05, 0) is 42.8 Å². The van der Waals surface area contributed by atoms with E-state index in [0.717, 1.165) is 40.8 Å². The van der Waals surface area contributed by atoms with Crippen LogP contribution in [0.2, 0.25) is 0 Å². The summed E-state index contributed by atoms with van der Waals surface area (Å²) in [6.07, 6.45) is 7.00. The molecule has 1 saturated heterocycles. The second kappa shape index (κ2) is 10.5. The fourth-order valence-corrected chi connectivity index (χ4v) is 3.55. The van der Waals surface area contributed by atoms with Crippen molar-refractivity contribution in [1.82, 2.24) is 30.4 Å². The lowest BCUT2D eigenvalue weighted by atomic mass is 10.1. The summed E-state index contributed by atoms with van der Waals surface area (Å²) >= 11 is 0. The van der Waals surface area contributed by atoms with Crippen LogP contribution >= 0.6 is 0 Å². The van der Waals surface area contributed by atoms with Crippen LogP contribution in [0.4, 0.5) is 11.6 Å². The number of fused-ring (bicyclic) bond motifs is 1. The molecule has 0 bridgehead atoms. The molecule has 0 aromatic carbocycles. The molecule has 0 spiro atoms. The topological polar surface area (TPSA) is 112 Å². The highest BCUT2D eigenvalue weighted by molar-refractivity contribution is 6.08. The van der Waals surface area contributed by atoms with Gasteiger partial charge in [0.05, 0.1) is 29.9 Å². The quantitative estimate of drug-likeness (QED) is 0.322. The Morgan fingerprint density at radius 1 is 1.21 bits per heavy atom. The lowest BCUT2D eigenvalue weighted by Gasteiger charge is -2.35. The zero-order valence-corrected chi connectivity index (χ0v) is 19.2. The van der Waals surface area contributed by atoms with Gasteiger partial charge in [-0.1, -0.05) is 13.8 Å². The number of hydrogen-bond acceptors (Lipinski definition) is 9. The van der Waals surface area contributed by atoms with Gasteiger partial charge >= 0.3 is 0 Å². The van der Waals surface area contributed by atoms with Gasteiger partial charge in [-0.2, -0.15) is 5.10 Å². The van der Waals surface area contributed by atoms with Gasteiger partial charge in [0.25, 0.3) is 0 Å². The molecule has 0 unspecified atom stereocenters. The Hall–Kier alpha value is -3.43. The minimum absolute atomic E-state index is 0.334. The molecular formula is C24H30N8O. The van der Waals surface area contributed by atoms with Crippen LogP contribution in [-0.4, -0.2) is 70.7 Å². The molecule has 3 N–H and O–H groups in total. The van der Waals surface area contributed by atoms with Crippen LogP contribution in [0.25, 0.3) is 16.6 Å². The van der Waals surface area contributed by atoms with Crippen molar-refractivity contribution in [2.75, 3.05) is 38.6 Å². The molecule has 33 heavy (non-hydrogen) atoms. The summed E-state index contributed by atoms with van der Waals surface area (Å²) in [5, 5.41) is 22.5. The molecule has 3 aromatic heterocycles. The number of ether oxygens (including phenoxy) is 1. The standard InChI is InChI=1S/C24H30N8O/c1-16(2)17-9-24(31-28-13-17)30-23-5-4-21-22(29-23)8-18(12-27-21)19(10-25)11-26-6-7-33-20-14-32(3)15-20/h4-5,8-13,16,20,25-26H,6-7,14-15H2,1-3H3,(H,29,30,31)/b19-11+,25-10?. The Bertz CT molecular complexity index is 1140. The van der Waals surface area contributed by atoms with Crippen molar-refractivity contribution in [2.24, 2.45) is 0 Å². The maximum atomic E-state index is 7.81. The van der Waals surface area contributed by atoms with Crippen LogP contribution in [0.3, 0.4) is 0 Å². The van der Waals surface area contributed by atoms with Crippen LogP contribution in [0, 0.1) is 5.41 Å². The Morgan fingerprint density at radius 2 is 2.06 bits per heavy atom. The lowest BCUT2D eigenvalue weighted by molar-refractivity contribution is -0.0409. The fourth-order valence-electron chi connectivity index (χ4n) is 3.55. The summed E-state index contributed by atoms with van der Waals surface area (Å²) in [5.41, 5.74) is 4.16. The van der Waals surface area contributed by atoms with E-state index in [0.29, 0.717) is 36.8 Å². The molecule has 0 saturated carbocycles. The minimum Gasteiger partial charge on any atom is -0.388 e. The summed E-state index contributed by atoms with van der Waals surface area (Å²) in [7, 11) is 2.08. The number of nitrogens with zero attached hydrogens (tertiary/aromatic N) is 5. The highest BCUT2D eigenvalue weighted by Crippen LogP contribution is 2.21. The van der Waals surface area contributed by atoms with E-state index >= 15 is 0 Å². The fraction of sp³-hybridized carbons (Fsp3) is 0.375. The Balaban J connectivity index is 1.43. The first kappa shape index (κ1) is 22.8. The van der Waals surface area contributed by atoms with Gasteiger partial charge < -0.3 is 25.7 Å². The number of likely N-dealkylation sites (tertiary alicyclic amines) is 1. The molecule has 1 aliphatic rings. The molecule has 172 valence electrons. The monoisotopic (exact) mass is 446 g/mol. The summed E-state index contributed by atoms with van der Waals surface area (Å²) in [6, 6.07) is 7.69. The van der Waals surface area contributed by atoms with Gasteiger partial charge in [-0.3, -0.25) is 4.98 Å². The van der Waals surface area contributed by atoms with E-state index in [1.807, 2.05) is 30.5 Å². The number of aromatic nitrogens is 4. The zero-order valence-electron chi connectivity index (χ0n) is 19.2. The lowest BCUT2D eigenvalue weighted by Crippen LogP contribution is -2.50. The highest BCUT2D eigenvalue weighted by atomic mass is 16.5. The van der Waals surface area contributed by atoms with E-state index in [9.17, 15) is 0 Å². The van der Waals surface area contributed by atoms with Gasteiger partial charge in [-0.25, -0.2) is 4.98 Å². The van der Waals surface area contributed by atoms with Crippen LogP contribution in [0.5, 0.6) is 0 Å². The SMILES string of the molecule is CC(C)c1cnnc(Nc2ccc3ncc(/C(C=N)=C/NCCOC4CN(C)C4)cc3n2)c1. The average Bonchev–Trinajstić information content (AvgIpc) is 2.79. The number of allylic oxidation sites excluding steroid dienone is 1.